The summed E-state index contributed by atoms with van der Waals surface area (Å²) in [4.78, 5) is 10.6. The van der Waals surface area contributed by atoms with Crippen molar-refractivity contribution >= 4 is 16.0 Å². The predicted octanol–water partition coefficient (Wildman–Crippen LogP) is 1.81. The molecule has 2 aromatic heterocycles. The molecule has 3 rings (SSSR count). The Morgan fingerprint density at radius 1 is 1.38 bits per heavy atom. The third-order valence-electron chi connectivity index (χ3n) is 4.15. The van der Waals surface area contributed by atoms with Crippen molar-refractivity contribution in [3.05, 3.63) is 36.0 Å². The SMILES string of the molecule is O=C(O)c1occc1S(=O)(=O)NCCc1ccn(C2CCCC2)n1. The van der Waals surface area contributed by atoms with Crippen molar-refractivity contribution in [2.75, 3.05) is 6.54 Å². The number of aromatic nitrogens is 2. The van der Waals surface area contributed by atoms with Gasteiger partial charge >= 0.3 is 5.97 Å². The molecule has 0 saturated heterocycles. The second-order valence-electron chi connectivity index (χ2n) is 5.79. The monoisotopic (exact) mass is 353 g/mol. The number of nitrogens with one attached hydrogen (secondary N) is 1. The second kappa shape index (κ2) is 6.78. The van der Waals surface area contributed by atoms with E-state index in [9.17, 15) is 13.2 Å². The molecule has 0 radical (unpaired) electrons. The number of hydrogen-bond acceptors (Lipinski definition) is 5. The van der Waals surface area contributed by atoms with E-state index in [1.54, 1.807) is 0 Å². The lowest BCUT2D eigenvalue weighted by molar-refractivity contribution is 0.0656. The number of carboxylic acids is 1. The minimum absolute atomic E-state index is 0.133. The average molecular weight is 353 g/mol. The normalized spacial score (nSPS) is 15.8. The Morgan fingerprint density at radius 2 is 2.12 bits per heavy atom. The van der Waals surface area contributed by atoms with Gasteiger partial charge in [0.05, 0.1) is 18.0 Å². The summed E-state index contributed by atoms with van der Waals surface area (Å²) in [5.41, 5.74) is 0.801. The molecule has 1 saturated carbocycles. The molecule has 130 valence electrons. The summed E-state index contributed by atoms with van der Waals surface area (Å²) in [5, 5.41) is 13.4. The van der Waals surface area contributed by atoms with Gasteiger partial charge in [-0.1, -0.05) is 12.8 Å². The molecule has 9 heteroatoms. The smallest absolute Gasteiger partial charge is 0.373 e. The van der Waals surface area contributed by atoms with Crippen molar-refractivity contribution in [2.45, 2.75) is 43.0 Å². The molecular formula is C15H19N3O5S. The highest BCUT2D eigenvalue weighted by molar-refractivity contribution is 7.89. The van der Waals surface area contributed by atoms with Gasteiger partial charge < -0.3 is 9.52 Å². The maximum atomic E-state index is 12.2. The topological polar surface area (TPSA) is 114 Å². The quantitative estimate of drug-likeness (QED) is 0.784. The summed E-state index contributed by atoms with van der Waals surface area (Å²) < 4.78 is 33.4. The summed E-state index contributed by atoms with van der Waals surface area (Å²) in [6.07, 6.45) is 8.10. The number of furan rings is 1. The number of nitrogens with zero attached hydrogens (tertiary/aromatic N) is 2. The Balaban J connectivity index is 1.59. The highest BCUT2D eigenvalue weighted by atomic mass is 32.2. The van der Waals surface area contributed by atoms with E-state index in [-0.39, 0.29) is 11.4 Å². The Bertz CT molecular complexity index is 818. The zero-order chi connectivity index (χ0) is 17.2. The number of carbonyl (C=O) groups is 1. The van der Waals surface area contributed by atoms with Crippen LogP contribution in [-0.4, -0.2) is 35.8 Å². The summed E-state index contributed by atoms with van der Waals surface area (Å²) in [7, 11) is -3.93. The molecule has 0 spiro atoms. The number of rotatable bonds is 7. The van der Waals surface area contributed by atoms with Crippen LogP contribution < -0.4 is 4.72 Å². The van der Waals surface area contributed by atoms with E-state index in [4.69, 9.17) is 9.52 Å². The van der Waals surface area contributed by atoms with E-state index in [2.05, 4.69) is 9.82 Å². The zero-order valence-electron chi connectivity index (χ0n) is 13.0. The van der Waals surface area contributed by atoms with Crippen LogP contribution in [0.2, 0.25) is 0 Å². The van der Waals surface area contributed by atoms with Gasteiger partial charge in [0.25, 0.3) is 0 Å². The number of aromatic carboxylic acids is 1. The zero-order valence-corrected chi connectivity index (χ0v) is 13.8. The van der Waals surface area contributed by atoms with E-state index in [1.165, 1.54) is 12.8 Å². The lowest BCUT2D eigenvalue weighted by Gasteiger charge is -2.09. The Hall–Kier alpha value is -2.13. The highest BCUT2D eigenvalue weighted by Crippen LogP contribution is 2.28. The second-order valence-corrected chi connectivity index (χ2v) is 7.53. The van der Waals surface area contributed by atoms with Crippen LogP contribution in [0.5, 0.6) is 0 Å². The van der Waals surface area contributed by atoms with Crippen LogP contribution in [0, 0.1) is 0 Å². The standard InChI is InChI=1S/C15H19N3O5S/c19-15(20)14-13(7-10-23-14)24(21,22)16-8-5-11-6-9-18(17-11)12-3-1-2-4-12/h6-7,9-10,12,16H,1-5,8H2,(H,19,20). The third kappa shape index (κ3) is 3.51. The largest absolute Gasteiger partial charge is 0.475 e. The maximum absolute atomic E-state index is 12.2. The number of sulfonamides is 1. The van der Waals surface area contributed by atoms with Crippen LogP contribution >= 0.6 is 0 Å². The van der Waals surface area contributed by atoms with Gasteiger partial charge in [0.15, 0.2) is 0 Å². The van der Waals surface area contributed by atoms with E-state index < -0.39 is 21.8 Å². The molecular weight excluding hydrogens is 334 g/mol. The van der Waals surface area contributed by atoms with Crippen LogP contribution in [0.1, 0.15) is 48.0 Å². The van der Waals surface area contributed by atoms with Crippen LogP contribution in [0.4, 0.5) is 0 Å². The number of carboxylic acid groups (broad SMARTS) is 1. The van der Waals surface area contributed by atoms with E-state index in [1.807, 2.05) is 16.9 Å². The van der Waals surface area contributed by atoms with Gasteiger partial charge in [0.1, 0.15) is 4.90 Å². The molecule has 2 aromatic rings. The highest BCUT2D eigenvalue weighted by Gasteiger charge is 2.25. The first-order valence-electron chi connectivity index (χ1n) is 7.82. The summed E-state index contributed by atoms with van der Waals surface area (Å²) in [6, 6.07) is 3.45. The molecule has 0 unspecified atom stereocenters. The van der Waals surface area contributed by atoms with Crippen molar-refractivity contribution in [3.8, 4) is 0 Å². The molecule has 0 bridgehead atoms. The van der Waals surface area contributed by atoms with Crippen molar-refractivity contribution in [1.29, 1.82) is 0 Å². The molecule has 0 aromatic carbocycles. The first-order chi connectivity index (χ1) is 11.5. The first kappa shape index (κ1) is 16.7. The number of hydrogen-bond donors (Lipinski definition) is 2. The molecule has 0 amide bonds. The molecule has 1 aliphatic rings. The molecule has 0 aliphatic heterocycles. The lowest BCUT2D eigenvalue weighted by atomic mass is 10.3. The van der Waals surface area contributed by atoms with Crippen LogP contribution in [0.25, 0.3) is 0 Å². The molecule has 24 heavy (non-hydrogen) atoms. The van der Waals surface area contributed by atoms with Gasteiger partial charge in [0, 0.05) is 19.2 Å². The van der Waals surface area contributed by atoms with E-state index >= 15 is 0 Å². The Morgan fingerprint density at radius 3 is 2.83 bits per heavy atom. The van der Waals surface area contributed by atoms with Gasteiger partial charge in [-0.3, -0.25) is 4.68 Å². The van der Waals surface area contributed by atoms with Crippen LogP contribution in [0.3, 0.4) is 0 Å². The van der Waals surface area contributed by atoms with Gasteiger partial charge in [0.2, 0.25) is 15.8 Å². The predicted molar refractivity (Wildman–Crippen MR) is 84.3 cm³/mol. The van der Waals surface area contributed by atoms with Gasteiger partial charge in [-0.25, -0.2) is 17.9 Å². The minimum Gasteiger partial charge on any atom is -0.475 e. The summed E-state index contributed by atoms with van der Waals surface area (Å²) >= 11 is 0. The van der Waals surface area contributed by atoms with Crippen molar-refractivity contribution in [3.63, 3.8) is 0 Å². The third-order valence-corrected chi connectivity index (χ3v) is 5.63. The fraction of sp³-hybridized carbons (Fsp3) is 0.467. The van der Waals surface area contributed by atoms with Crippen molar-refractivity contribution < 1.29 is 22.7 Å². The molecule has 1 aliphatic carbocycles. The van der Waals surface area contributed by atoms with E-state index in [0.29, 0.717) is 12.5 Å². The Kier molecular flexibility index (Phi) is 4.72. The van der Waals surface area contributed by atoms with Gasteiger partial charge in [-0.2, -0.15) is 5.10 Å². The fourth-order valence-corrected chi connectivity index (χ4v) is 4.08. The van der Waals surface area contributed by atoms with Gasteiger partial charge in [-0.15, -0.1) is 0 Å². The maximum Gasteiger partial charge on any atom is 0.373 e. The Labute approximate surface area is 139 Å². The molecule has 0 atom stereocenters. The minimum atomic E-state index is -3.93. The van der Waals surface area contributed by atoms with Crippen molar-refractivity contribution in [2.24, 2.45) is 0 Å². The molecule has 1 fully saturated rings. The lowest BCUT2D eigenvalue weighted by Crippen LogP contribution is -2.27. The molecule has 2 N–H and O–H groups in total. The summed E-state index contributed by atoms with van der Waals surface area (Å²) in [5.74, 6) is -2.01. The first-order valence-corrected chi connectivity index (χ1v) is 9.30. The summed E-state index contributed by atoms with van der Waals surface area (Å²) in [6.45, 7) is 0.133. The van der Waals surface area contributed by atoms with Gasteiger partial charge in [-0.05, 0) is 25.0 Å². The average Bonchev–Trinajstić information content (AvgIpc) is 3.27. The van der Waals surface area contributed by atoms with Crippen molar-refractivity contribution in [1.82, 2.24) is 14.5 Å². The molecule has 8 nitrogen and oxygen atoms in total. The van der Waals surface area contributed by atoms with Crippen LogP contribution in [-0.2, 0) is 16.4 Å². The van der Waals surface area contributed by atoms with Crippen LogP contribution in [0.15, 0.2) is 33.9 Å². The fourth-order valence-electron chi connectivity index (χ4n) is 2.94. The molecule has 2 heterocycles. The van der Waals surface area contributed by atoms with E-state index in [0.717, 1.165) is 30.9 Å².